The van der Waals surface area contributed by atoms with Gasteiger partial charge in [-0.25, -0.2) is 9.78 Å². The molecule has 0 saturated heterocycles. The van der Waals surface area contributed by atoms with Crippen molar-refractivity contribution in [3.8, 4) is 0 Å². The SMILES string of the molecule is CC(C)Cc1ccc([C@@H](C)NC(=O)COC(=O)c2cccnc2Cl)cc1. The second kappa shape index (κ2) is 9.34. The number of carbonyl (C=O) groups excluding carboxylic acids is 2. The van der Waals surface area contributed by atoms with Crippen LogP contribution >= 0.6 is 11.6 Å². The van der Waals surface area contributed by atoms with E-state index in [4.69, 9.17) is 16.3 Å². The lowest BCUT2D eigenvalue weighted by molar-refractivity contribution is -0.124. The number of hydrogen-bond acceptors (Lipinski definition) is 4. The van der Waals surface area contributed by atoms with Gasteiger partial charge in [0.1, 0.15) is 5.15 Å². The molecule has 0 unspecified atom stereocenters. The monoisotopic (exact) mass is 374 g/mol. The third-order valence-electron chi connectivity index (χ3n) is 3.81. The second-order valence-corrected chi connectivity index (χ2v) is 6.90. The molecular weight excluding hydrogens is 352 g/mol. The molecule has 0 fully saturated rings. The highest BCUT2D eigenvalue weighted by Gasteiger charge is 2.15. The number of nitrogens with zero attached hydrogens (tertiary/aromatic N) is 1. The molecule has 0 spiro atoms. The van der Waals surface area contributed by atoms with Crippen LogP contribution in [0, 0.1) is 5.92 Å². The van der Waals surface area contributed by atoms with Crippen molar-refractivity contribution >= 4 is 23.5 Å². The molecule has 138 valence electrons. The van der Waals surface area contributed by atoms with Crippen molar-refractivity contribution < 1.29 is 14.3 Å². The number of nitrogens with one attached hydrogen (secondary N) is 1. The van der Waals surface area contributed by atoms with Crippen molar-refractivity contribution in [3.05, 3.63) is 64.4 Å². The quantitative estimate of drug-likeness (QED) is 0.588. The highest BCUT2D eigenvalue weighted by Crippen LogP contribution is 2.16. The zero-order valence-corrected chi connectivity index (χ0v) is 15.9. The van der Waals surface area contributed by atoms with Crippen LogP contribution in [0.5, 0.6) is 0 Å². The predicted octanol–water partition coefficient (Wildman–Crippen LogP) is 3.97. The van der Waals surface area contributed by atoms with Gasteiger partial charge < -0.3 is 10.1 Å². The summed E-state index contributed by atoms with van der Waals surface area (Å²) in [4.78, 5) is 27.8. The first-order valence-corrected chi connectivity index (χ1v) is 8.90. The first-order valence-electron chi connectivity index (χ1n) is 8.52. The molecule has 5 nitrogen and oxygen atoms in total. The maximum Gasteiger partial charge on any atom is 0.341 e. The van der Waals surface area contributed by atoms with Crippen molar-refractivity contribution in [3.63, 3.8) is 0 Å². The number of amides is 1. The minimum atomic E-state index is -0.677. The van der Waals surface area contributed by atoms with Crippen molar-refractivity contribution in [1.29, 1.82) is 0 Å². The summed E-state index contributed by atoms with van der Waals surface area (Å²) in [6, 6.07) is 11.0. The maximum atomic E-state index is 12.0. The van der Waals surface area contributed by atoms with Gasteiger partial charge in [-0.05, 0) is 42.5 Å². The van der Waals surface area contributed by atoms with Crippen molar-refractivity contribution in [2.24, 2.45) is 5.92 Å². The van der Waals surface area contributed by atoms with Gasteiger partial charge in [0.05, 0.1) is 11.6 Å². The Morgan fingerprint density at radius 2 is 1.85 bits per heavy atom. The van der Waals surface area contributed by atoms with Gasteiger partial charge in [0.2, 0.25) is 0 Å². The van der Waals surface area contributed by atoms with E-state index in [-0.39, 0.29) is 29.3 Å². The number of ether oxygens (including phenoxy) is 1. The standard InChI is InChI=1S/C20H23ClN2O3/c1-13(2)11-15-6-8-16(9-7-15)14(3)23-18(24)12-26-20(25)17-5-4-10-22-19(17)21/h4-10,13-14H,11-12H2,1-3H3,(H,23,24)/t14-/m1/s1. The Morgan fingerprint density at radius 3 is 2.46 bits per heavy atom. The van der Waals surface area contributed by atoms with Crippen LogP contribution in [0.2, 0.25) is 5.15 Å². The average molecular weight is 375 g/mol. The van der Waals surface area contributed by atoms with Crippen LogP contribution in [0.3, 0.4) is 0 Å². The van der Waals surface area contributed by atoms with Crippen molar-refractivity contribution in [1.82, 2.24) is 10.3 Å². The summed E-state index contributed by atoms with van der Waals surface area (Å²) in [6.45, 7) is 5.86. The van der Waals surface area contributed by atoms with Crippen molar-refractivity contribution in [2.45, 2.75) is 33.2 Å². The van der Waals surface area contributed by atoms with E-state index >= 15 is 0 Å². The molecule has 1 N–H and O–H groups in total. The highest BCUT2D eigenvalue weighted by molar-refractivity contribution is 6.32. The molecule has 1 atom stereocenters. The number of aromatic nitrogens is 1. The third-order valence-corrected chi connectivity index (χ3v) is 4.12. The number of pyridine rings is 1. The topological polar surface area (TPSA) is 68.3 Å². The molecule has 0 saturated carbocycles. The van der Waals surface area contributed by atoms with Crippen LogP contribution in [-0.4, -0.2) is 23.5 Å². The Kier molecular flexibility index (Phi) is 7.16. The smallest absolute Gasteiger partial charge is 0.341 e. The second-order valence-electron chi connectivity index (χ2n) is 6.55. The van der Waals surface area contributed by atoms with Gasteiger partial charge in [0, 0.05) is 6.20 Å². The lowest BCUT2D eigenvalue weighted by Crippen LogP contribution is -2.31. The van der Waals surface area contributed by atoms with Gasteiger partial charge in [0.15, 0.2) is 6.61 Å². The Hall–Kier alpha value is -2.40. The minimum absolute atomic E-state index is 0.0489. The van der Waals surface area contributed by atoms with Crippen molar-refractivity contribution in [2.75, 3.05) is 6.61 Å². The van der Waals surface area contributed by atoms with Crippen LogP contribution in [0.1, 0.15) is 48.3 Å². The van der Waals surface area contributed by atoms with E-state index in [9.17, 15) is 9.59 Å². The lowest BCUT2D eigenvalue weighted by atomic mass is 10.00. The fraction of sp³-hybridized carbons (Fsp3) is 0.350. The molecule has 0 radical (unpaired) electrons. The molecule has 1 heterocycles. The van der Waals surface area contributed by atoms with Crippen LogP contribution in [0.15, 0.2) is 42.6 Å². The molecular formula is C20H23ClN2O3. The van der Waals surface area contributed by atoms with Gasteiger partial charge in [0.25, 0.3) is 5.91 Å². The van der Waals surface area contributed by atoms with Gasteiger partial charge >= 0.3 is 5.97 Å². The van der Waals surface area contributed by atoms with E-state index in [0.717, 1.165) is 12.0 Å². The van der Waals surface area contributed by atoms with Crippen LogP contribution in [0.4, 0.5) is 0 Å². The molecule has 26 heavy (non-hydrogen) atoms. The normalized spacial score (nSPS) is 11.9. The number of rotatable bonds is 7. The summed E-state index contributed by atoms with van der Waals surface area (Å²) >= 11 is 5.83. The number of esters is 1. The number of benzene rings is 1. The third kappa shape index (κ3) is 5.85. The van der Waals surface area contributed by atoms with Crippen LogP contribution in [-0.2, 0) is 16.0 Å². The molecule has 6 heteroatoms. The van der Waals surface area contributed by atoms with E-state index in [2.05, 4.69) is 36.3 Å². The summed E-state index contributed by atoms with van der Waals surface area (Å²) in [5, 5.41) is 2.86. The van der Waals surface area contributed by atoms with Gasteiger partial charge in [-0.2, -0.15) is 0 Å². The molecule has 0 aliphatic carbocycles. The average Bonchev–Trinajstić information content (AvgIpc) is 2.60. The Bertz CT molecular complexity index is 760. The minimum Gasteiger partial charge on any atom is -0.452 e. The molecule has 1 aromatic heterocycles. The zero-order valence-electron chi connectivity index (χ0n) is 15.2. The first kappa shape index (κ1) is 19.9. The van der Waals surface area contributed by atoms with E-state index in [1.54, 1.807) is 6.07 Å². The maximum absolute atomic E-state index is 12.0. The zero-order chi connectivity index (χ0) is 19.1. The predicted molar refractivity (Wildman–Crippen MR) is 101 cm³/mol. The highest BCUT2D eigenvalue weighted by atomic mass is 35.5. The summed E-state index contributed by atoms with van der Waals surface area (Å²) in [5.41, 5.74) is 2.40. The van der Waals surface area contributed by atoms with E-state index in [0.29, 0.717) is 5.92 Å². The van der Waals surface area contributed by atoms with Gasteiger partial charge in [-0.1, -0.05) is 49.7 Å². The Balaban J connectivity index is 1.85. The molecule has 0 aliphatic rings. The molecule has 2 aromatic rings. The fourth-order valence-corrected chi connectivity index (χ4v) is 2.72. The molecule has 0 bridgehead atoms. The molecule has 0 aliphatic heterocycles. The van der Waals surface area contributed by atoms with E-state index in [1.807, 2.05) is 19.1 Å². The fourth-order valence-electron chi connectivity index (χ4n) is 2.53. The number of hydrogen-bond donors (Lipinski definition) is 1. The van der Waals surface area contributed by atoms with E-state index < -0.39 is 5.97 Å². The van der Waals surface area contributed by atoms with Gasteiger partial charge in [-0.3, -0.25) is 4.79 Å². The number of carbonyl (C=O) groups is 2. The largest absolute Gasteiger partial charge is 0.452 e. The van der Waals surface area contributed by atoms with Crippen LogP contribution < -0.4 is 5.32 Å². The summed E-state index contributed by atoms with van der Waals surface area (Å²) in [5.74, 6) is -0.456. The summed E-state index contributed by atoms with van der Waals surface area (Å²) < 4.78 is 4.99. The molecule has 1 aromatic carbocycles. The Labute approximate surface area is 158 Å². The summed E-state index contributed by atoms with van der Waals surface area (Å²) in [6.07, 6.45) is 2.49. The molecule has 2 rings (SSSR count). The number of halogens is 1. The molecule has 1 amide bonds. The Morgan fingerprint density at radius 1 is 1.15 bits per heavy atom. The summed E-state index contributed by atoms with van der Waals surface area (Å²) in [7, 11) is 0. The lowest BCUT2D eigenvalue weighted by Gasteiger charge is -2.15. The van der Waals surface area contributed by atoms with Crippen LogP contribution in [0.25, 0.3) is 0 Å². The van der Waals surface area contributed by atoms with E-state index in [1.165, 1.54) is 17.8 Å². The first-order chi connectivity index (χ1) is 12.4. The van der Waals surface area contributed by atoms with Gasteiger partial charge in [-0.15, -0.1) is 0 Å².